The molecule has 0 radical (unpaired) electrons. The number of carbonyl (C=O) groups excluding carboxylic acids is 3. The monoisotopic (exact) mass is 1050 g/mol. The Labute approximate surface area is 449 Å². The van der Waals surface area contributed by atoms with Gasteiger partial charge in [-0.15, -0.1) is 0 Å². The maximum absolute atomic E-state index is 12.9. The third-order valence-corrected chi connectivity index (χ3v) is 12.0. The van der Waals surface area contributed by atoms with E-state index in [1.807, 2.05) is 18.2 Å². The van der Waals surface area contributed by atoms with Crippen LogP contribution in [0, 0.1) is 0 Å². The van der Waals surface area contributed by atoms with Crippen LogP contribution in [-0.4, -0.2) is 66.5 Å². The molecule has 0 aliphatic rings. The zero-order valence-electron chi connectivity index (χ0n) is 46.0. The fourth-order valence-electron chi connectivity index (χ4n) is 6.86. The van der Waals surface area contributed by atoms with Crippen molar-refractivity contribution in [2.75, 3.05) is 26.4 Å². The summed E-state index contributed by atoms with van der Waals surface area (Å²) in [7, 11) is -4.79. The van der Waals surface area contributed by atoms with Crippen LogP contribution in [0.25, 0.3) is 0 Å². The number of aliphatic hydroxyl groups excluding tert-OH is 1. The molecule has 0 bridgehead atoms. The van der Waals surface area contributed by atoms with Crippen molar-refractivity contribution >= 4 is 25.7 Å². The first-order chi connectivity index (χ1) is 36.2. The predicted molar refractivity (Wildman–Crippen MR) is 306 cm³/mol. The number of phosphoric ester groups is 1. The molecule has 0 aliphatic carbocycles. The molecule has 0 aromatic carbocycles. The number of ether oxygens (including phenoxy) is 3. The van der Waals surface area contributed by atoms with Crippen molar-refractivity contribution < 1.29 is 52.2 Å². The molecule has 0 aromatic heterocycles. The molecule has 418 valence electrons. The molecule has 3 atom stereocenters. The van der Waals surface area contributed by atoms with Gasteiger partial charge >= 0.3 is 25.7 Å². The van der Waals surface area contributed by atoms with E-state index < -0.39 is 57.8 Å². The molecule has 0 heterocycles. The van der Waals surface area contributed by atoms with Gasteiger partial charge in [-0.3, -0.25) is 23.4 Å². The number of rotatable bonds is 50. The van der Waals surface area contributed by atoms with E-state index >= 15 is 0 Å². The molecule has 12 heteroatoms. The topological polar surface area (TPSA) is 155 Å². The van der Waals surface area contributed by atoms with Gasteiger partial charge in [0.1, 0.15) is 12.7 Å². The summed E-state index contributed by atoms with van der Waals surface area (Å²) in [4.78, 5) is 48.4. The zero-order chi connectivity index (χ0) is 54.1. The maximum Gasteiger partial charge on any atom is 0.472 e. The number of esters is 3. The minimum Gasteiger partial charge on any atom is -0.462 e. The van der Waals surface area contributed by atoms with Gasteiger partial charge in [-0.1, -0.05) is 199 Å². The van der Waals surface area contributed by atoms with Crippen LogP contribution in [0.3, 0.4) is 0 Å². The van der Waals surface area contributed by atoms with Crippen LogP contribution < -0.4 is 0 Å². The summed E-state index contributed by atoms with van der Waals surface area (Å²) in [6, 6.07) is 0. The molecule has 3 unspecified atom stereocenters. The lowest BCUT2D eigenvalue weighted by Crippen LogP contribution is -2.30. The number of hydrogen-bond donors (Lipinski definition) is 2. The van der Waals surface area contributed by atoms with E-state index in [1.165, 1.54) is 32.1 Å². The molecule has 2 N–H and O–H groups in total. The Morgan fingerprint density at radius 1 is 0.405 bits per heavy atom. The molecule has 0 aliphatic heterocycles. The molecule has 0 saturated carbocycles. The van der Waals surface area contributed by atoms with E-state index in [2.05, 4.69) is 130 Å². The molecule has 11 nitrogen and oxygen atoms in total. The highest BCUT2D eigenvalue weighted by Gasteiger charge is 2.28. The summed E-state index contributed by atoms with van der Waals surface area (Å²) in [6.45, 7) is 4.20. The fourth-order valence-corrected chi connectivity index (χ4v) is 7.65. The summed E-state index contributed by atoms with van der Waals surface area (Å²) in [5.41, 5.74) is 0. The summed E-state index contributed by atoms with van der Waals surface area (Å²) < 4.78 is 39.3. The lowest BCUT2D eigenvalue weighted by atomic mass is 10.1. The second-order valence-corrected chi connectivity index (χ2v) is 19.4. The Hall–Kier alpha value is -4.38. The van der Waals surface area contributed by atoms with Crippen molar-refractivity contribution in [2.24, 2.45) is 0 Å². The first-order valence-electron chi connectivity index (χ1n) is 28.1. The van der Waals surface area contributed by atoms with E-state index in [1.54, 1.807) is 6.08 Å². The van der Waals surface area contributed by atoms with Crippen LogP contribution in [0.15, 0.2) is 134 Å². The highest BCUT2D eigenvalue weighted by molar-refractivity contribution is 7.47. The van der Waals surface area contributed by atoms with Crippen molar-refractivity contribution in [3.63, 3.8) is 0 Å². The van der Waals surface area contributed by atoms with Crippen LogP contribution in [0.4, 0.5) is 0 Å². The van der Waals surface area contributed by atoms with Crippen LogP contribution in [-0.2, 0) is 42.2 Å². The van der Waals surface area contributed by atoms with E-state index in [0.717, 1.165) is 109 Å². The van der Waals surface area contributed by atoms with E-state index in [-0.39, 0.29) is 25.9 Å². The van der Waals surface area contributed by atoms with Crippen molar-refractivity contribution in [1.29, 1.82) is 0 Å². The third-order valence-electron chi connectivity index (χ3n) is 11.1. The number of allylic oxidation sites excluding steroid dienone is 21. The minimum absolute atomic E-state index is 0.0652. The van der Waals surface area contributed by atoms with E-state index in [4.69, 9.17) is 23.3 Å². The first kappa shape index (κ1) is 69.6. The Morgan fingerprint density at radius 3 is 1.22 bits per heavy atom. The Morgan fingerprint density at radius 2 is 0.757 bits per heavy atom. The van der Waals surface area contributed by atoms with Gasteiger partial charge < -0.3 is 24.2 Å². The largest absolute Gasteiger partial charge is 0.472 e. The molecule has 0 saturated heterocycles. The molecular formula is C62H99O11P. The number of unbranched alkanes of at least 4 members (excludes halogenated alkanes) is 12. The molecule has 0 amide bonds. The van der Waals surface area contributed by atoms with E-state index in [9.17, 15) is 28.9 Å². The van der Waals surface area contributed by atoms with Gasteiger partial charge in [-0.2, -0.15) is 0 Å². The normalized spacial score (nSPS) is 14.4. The van der Waals surface area contributed by atoms with Gasteiger partial charge in [-0.05, 0) is 116 Å². The third kappa shape index (κ3) is 52.5. The van der Waals surface area contributed by atoms with Crippen molar-refractivity contribution in [3.05, 3.63) is 134 Å². The summed E-state index contributed by atoms with van der Waals surface area (Å²) in [5, 5.41) is 9.79. The standard InChI is InChI=1S/C62H99O11P/c1-4-7-10-13-16-19-22-25-28-29-32-35-38-41-44-47-50-53-62(66)73-59(55-69-60(64)51-48-45-42-39-36-33-30-26-23-20-17-14-11-8-5-2)57-71-74(67,68)70-56-58(54-63)72-61(65)52-49-46-43-40-37-34-31-27-24-21-18-15-12-9-6-3/h8-9,11-12,16-21,25-28,30-31,36-37,39-40,46,49,58-59,63H,4-7,10,13-15,22-24,29,32-35,38,41-45,47-48,50-57H2,1-3H3,(H,67,68)/b11-8-,12-9-,19-16-,20-17-,21-18-,28-25-,30-26-,31-27-,39-36-,40-37-,49-46-. The average Bonchev–Trinajstić information content (AvgIpc) is 3.39. The smallest absolute Gasteiger partial charge is 0.462 e. The van der Waals surface area contributed by atoms with Crippen molar-refractivity contribution in [3.8, 4) is 0 Å². The molecule has 74 heavy (non-hydrogen) atoms. The maximum atomic E-state index is 12.9. The SMILES string of the molecule is CC/C=C\C/C=C\C/C=C\C/C=C\C/C=C\CC(=O)OC(CO)COP(=O)(O)OCC(COC(=O)CCCC/C=C\C/C=C\C/C=C\C/C=C\CC)OC(=O)CCCCCCCCC/C=C\C/C=C\CCCCC. The first-order valence-corrected chi connectivity index (χ1v) is 29.6. The van der Waals surface area contributed by atoms with Crippen molar-refractivity contribution in [1.82, 2.24) is 0 Å². The van der Waals surface area contributed by atoms with Crippen LogP contribution in [0.2, 0.25) is 0 Å². The van der Waals surface area contributed by atoms with Gasteiger partial charge in [0.25, 0.3) is 0 Å². The van der Waals surface area contributed by atoms with Crippen molar-refractivity contribution in [2.45, 2.75) is 213 Å². The number of phosphoric acid groups is 1. The molecular weight excluding hydrogens is 952 g/mol. The Kier molecular flexibility index (Phi) is 51.6. The molecule has 0 spiro atoms. The van der Waals surface area contributed by atoms with Gasteiger partial charge in [0.15, 0.2) is 6.10 Å². The lowest BCUT2D eigenvalue weighted by Gasteiger charge is -2.21. The molecule has 0 rings (SSSR count). The average molecular weight is 1050 g/mol. The lowest BCUT2D eigenvalue weighted by molar-refractivity contribution is -0.161. The number of hydrogen-bond acceptors (Lipinski definition) is 10. The summed E-state index contributed by atoms with van der Waals surface area (Å²) in [6.07, 6.45) is 68.7. The molecule has 0 aromatic rings. The zero-order valence-corrected chi connectivity index (χ0v) is 46.9. The van der Waals surface area contributed by atoms with Gasteiger partial charge in [0.05, 0.1) is 26.2 Å². The van der Waals surface area contributed by atoms with Gasteiger partial charge in [0.2, 0.25) is 0 Å². The summed E-state index contributed by atoms with van der Waals surface area (Å²) >= 11 is 0. The van der Waals surface area contributed by atoms with Crippen LogP contribution in [0.1, 0.15) is 201 Å². The fraction of sp³-hybridized carbons (Fsp3) is 0.597. The van der Waals surface area contributed by atoms with Crippen LogP contribution in [0.5, 0.6) is 0 Å². The second-order valence-electron chi connectivity index (χ2n) is 18.0. The number of aliphatic hydroxyl groups is 1. The van der Waals surface area contributed by atoms with E-state index in [0.29, 0.717) is 19.3 Å². The quantitative estimate of drug-likeness (QED) is 0.0197. The Bertz CT molecular complexity index is 1750. The highest BCUT2D eigenvalue weighted by Crippen LogP contribution is 2.43. The predicted octanol–water partition coefficient (Wildman–Crippen LogP) is 16.6. The summed E-state index contributed by atoms with van der Waals surface area (Å²) in [5.74, 6) is -1.68. The molecule has 0 fully saturated rings. The number of carbonyl (C=O) groups is 3. The second kappa shape index (κ2) is 54.9. The minimum atomic E-state index is -4.79. The van der Waals surface area contributed by atoms with Crippen LogP contribution >= 0.6 is 7.82 Å². The van der Waals surface area contributed by atoms with Gasteiger partial charge in [0, 0.05) is 12.8 Å². The Balaban J connectivity index is 4.90. The highest BCUT2D eigenvalue weighted by atomic mass is 31.2. The van der Waals surface area contributed by atoms with Gasteiger partial charge in [-0.25, -0.2) is 4.57 Å².